The van der Waals surface area contributed by atoms with Gasteiger partial charge in [0.2, 0.25) is 0 Å². The van der Waals surface area contributed by atoms with Crippen molar-refractivity contribution in [2.45, 2.75) is 13.3 Å². The number of rotatable bonds is 4. The molecule has 0 saturated carbocycles. The molecule has 1 aromatic heterocycles. The lowest BCUT2D eigenvalue weighted by Crippen LogP contribution is -2.31. The molecule has 94 valence electrons. The summed E-state index contributed by atoms with van der Waals surface area (Å²) in [4.78, 5) is 14.2. The van der Waals surface area contributed by atoms with E-state index in [1.54, 1.807) is 0 Å². The molecule has 2 heterocycles. The Kier molecular flexibility index (Phi) is 3.63. The number of H-pyrrole nitrogens is 1. The number of nitrogens with one attached hydrogen (secondary N) is 2. The Balaban J connectivity index is 1.79. The van der Waals surface area contributed by atoms with Crippen LogP contribution in [0.1, 0.15) is 23.7 Å². The molecule has 0 aliphatic carbocycles. The molecule has 1 amide bonds. The third kappa shape index (κ3) is 2.76. The van der Waals surface area contributed by atoms with Gasteiger partial charge >= 0.3 is 0 Å². The summed E-state index contributed by atoms with van der Waals surface area (Å²) in [5.41, 5.74) is 6.01. The van der Waals surface area contributed by atoms with Crippen LogP contribution in [-0.4, -0.2) is 47.2 Å². The summed E-state index contributed by atoms with van der Waals surface area (Å²) < 4.78 is 0. The van der Waals surface area contributed by atoms with E-state index < -0.39 is 0 Å². The highest BCUT2D eigenvalue weighted by Crippen LogP contribution is 2.15. The molecule has 0 aromatic carbocycles. The first-order valence-corrected chi connectivity index (χ1v) is 6.00. The Labute approximate surface area is 101 Å². The average Bonchev–Trinajstić information content (AvgIpc) is 2.94. The van der Waals surface area contributed by atoms with Crippen molar-refractivity contribution in [2.24, 2.45) is 5.92 Å². The molecule has 6 heteroatoms. The molecule has 17 heavy (non-hydrogen) atoms. The molecular formula is C11H19N5O. The van der Waals surface area contributed by atoms with Crippen LogP contribution in [0.3, 0.4) is 0 Å². The van der Waals surface area contributed by atoms with Crippen molar-refractivity contribution in [2.75, 3.05) is 31.9 Å². The predicted octanol–water partition coefficient (Wildman–Crippen LogP) is 0.0635. The number of carbonyl (C=O) groups excluding carboxylic acids is 1. The molecule has 0 spiro atoms. The summed E-state index contributed by atoms with van der Waals surface area (Å²) in [6.07, 6.45) is 2.60. The highest BCUT2D eigenvalue weighted by Gasteiger charge is 2.22. The largest absolute Gasteiger partial charge is 0.383 e. The van der Waals surface area contributed by atoms with Crippen molar-refractivity contribution in [3.05, 3.63) is 11.8 Å². The highest BCUT2D eigenvalue weighted by atomic mass is 16.1. The summed E-state index contributed by atoms with van der Waals surface area (Å²) in [7, 11) is 0. The topological polar surface area (TPSA) is 87.0 Å². The number of hydrogen-bond acceptors (Lipinski definition) is 4. The van der Waals surface area contributed by atoms with Crippen LogP contribution in [0.15, 0.2) is 6.20 Å². The second-order valence-corrected chi connectivity index (χ2v) is 4.46. The summed E-state index contributed by atoms with van der Waals surface area (Å²) in [6.45, 7) is 6.15. The van der Waals surface area contributed by atoms with Crippen LogP contribution in [0.4, 0.5) is 5.82 Å². The third-order valence-electron chi connectivity index (χ3n) is 3.28. The van der Waals surface area contributed by atoms with Gasteiger partial charge in [-0.1, -0.05) is 6.92 Å². The molecule has 1 saturated heterocycles. The molecule has 6 nitrogen and oxygen atoms in total. The summed E-state index contributed by atoms with van der Waals surface area (Å²) in [5, 5.41) is 9.19. The zero-order valence-corrected chi connectivity index (χ0v) is 10.1. The Morgan fingerprint density at radius 1 is 1.76 bits per heavy atom. The van der Waals surface area contributed by atoms with E-state index in [1.807, 2.05) is 0 Å². The first-order valence-electron chi connectivity index (χ1n) is 6.00. The Morgan fingerprint density at radius 2 is 2.59 bits per heavy atom. The maximum Gasteiger partial charge on any atom is 0.256 e. The van der Waals surface area contributed by atoms with Gasteiger partial charge in [-0.2, -0.15) is 5.10 Å². The normalized spacial score (nSPS) is 20.6. The number of amides is 1. The quantitative estimate of drug-likeness (QED) is 0.691. The molecule has 1 atom stereocenters. The third-order valence-corrected chi connectivity index (χ3v) is 3.28. The lowest BCUT2D eigenvalue weighted by atomic mass is 10.1. The van der Waals surface area contributed by atoms with Crippen LogP contribution in [-0.2, 0) is 0 Å². The first kappa shape index (κ1) is 11.9. The van der Waals surface area contributed by atoms with Crippen LogP contribution in [0.2, 0.25) is 0 Å². The number of nitrogen functional groups attached to an aromatic ring is 1. The minimum Gasteiger partial charge on any atom is -0.383 e. The number of anilines is 1. The maximum atomic E-state index is 11.8. The smallest absolute Gasteiger partial charge is 0.256 e. The number of hydrogen-bond donors (Lipinski definition) is 3. The second kappa shape index (κ2) is 5.18. The summed E-state index contributed by atoms with van der Waals surface area (Å²) in [5.74, 6) is 0.724. The van der Waals surface area contributed by atoms with Crippen molar-refractivity contribution in [3.8, 4) is 0 Å². The number of nitrogens with zero attached hydrogens (tertiary/aromatic N) is 2. The van der Waals surface area contributed by atoms with Gasteiger partial charge in [0.25, 0.3) is 5.91 Å². The van der Waals surface area contributed by atoms with Gasteiger partial charge in [-0.3, -0.25) is 9.89 Å². The average molecular weight is 237 g/mol. The highest BCUT2D eigenvalue weighted by molar-refractivity contribution is 5.98. The van der Waals surface area contributed by atoms with Crippen LogP contribution in [0, 0.1) is 5.92 Å². The molecule has 1 aromatic rings. The zero-order chi connectivity index (χ0) is 12.3. The summed E-state index contributed by atoms with van der Waals surface area (Å²) >= 11 is 0. The number of nitrogens with two attached hydrogens (primary N) is 1. The number of aromatic amines is 1. The van der Waals surface area contributed by atoms with E-state index in [1.165, 1.54) is 6.20 Å². The minimum atomic E-state index is -0.147. The Bertz CT molecular complexity index is 389. The van der Waals surface area contributed by atoms with Crippen LogP contribution < -0.4 is 11.1 Å². The number of likely N-dealkylation sites (tertiary alicyclic amines) is 1. The van der Waals surface area contributed by atoms with E-state index >= 15 is 0 Å². The van der Waals surface area contributed by atoms with E-state index in [4.69, 9.17) is 5.73 Å². The SMILES string of the molecule is CCN1CCC(CNC(=O)c2cn[nH]c2N)C1. The lowest BCUT2D eigenvalue weighted by molar-refractivity contribution is 0.0948. The molecule has 2 rings (SSSR count). The Morgan fingerprint density at radius 3 is 3.18 bits per heavy atom. The van der Waals surface area contributed by atoms with Gasteiger partial charge in [-0.15, -0.1) is 0 Å². The Hall–Kier alpha value is -1.56. The zero-order valence-electron chi connectivity index (χ0n) is 10.1. The lowest BCUT2D eigenvalue weighted by Gasteiger charge is -2.13. The monoisotopic (exact) mass is 237 g/mol. The van der Waals surface area contributed by atoms with E-state index in [0.29, 0.717) is 23.8 Å². The standard InChI is InChI=1S/C11H19N5O/c1-2-16-4-3-8(7-16)5-13-11(17)9-6-14-15-10(9)12/h6,8H,2-5,7H2,1H3,(H,13,17)(H3,12,14,15). The van der Waals surface area contributed by atoms with Crippen molar-refractivity contribution in [1.29, 1.82) is 0 Å². The van der Waals surface area contributed by atoms with Gasteiger partial charge in [-0.05, 0) is 25.4 Å². The maximum absolute atomic E-state index is 11.8. The molecule has 4 N–H and O–H groups in total. The van der Waals surface area contributed by atoms with Gasteiger partial charge in [0.05, 0.1) is 6.20 Å². The van der Waals surface area contributed by atoms with E-state index in [0.717, 1.165) is 26.1 Å². The first-order chi connectivity index (χ1) is 8.20. The fraction of sp³-hybridized carbons (Fsp3) is 0.636. The fourth-order valence-corrected chi connectivity index (χ4v) is 2.18. The van der Waals surface area contributed by atoms with Crippen LogP contribution in [0.25, 0.3) is 0 Å². The van der Waals surface area contributed by atoms with Gasteiger partial charge in [-0.25, -0.2) is 0 Å². The van der Waals surface area contributed by atoms with E-state index in [-0.39, 0.29) is 5.91 Å². The molecule has 1 unspecified atom stereocenters. The van der Waals surface area contributed by atoms with Crippen molar-refractivity contribution in [3.63, 3.8) is 0 Å². The van der Waals surface area contributed by atoms with E-state index in [9.17, 15) is 4.79 Å². The molecule has 1 aliphatic heterocycles. The number of aromatic nitrogens is 2. The van der Waals surface area contributed by atoms with Gasteiger partial charge in [0.15, 0.2) is 0 Å². The predicted molar refractivity (Wildman–Crippen MR) is 65.6 cm³/mol. The minimum absolute atomic E-state index is 0.147. The van der Waals surface area contributed by atoms with Crippen molar-refractivity contribution in [1.82, 2.24) is 20.4 Å². The van der Waals surface area contributed by atoms with Gasteiger partial charge in [0.1, 0.15) is 11.4 Å². The molecule has 1 fully saturated rings. The van der Waals surface area contributed by atoms with Crippen LogP contribution >= 0.6 is 0 Å². The van der Waals surface area contributed by atoms with Crippen molar-refractivity contribution >= 4 is 11.7 Å². The molecule has 0 bridgehead atoms. The van der Waals surface area contributed by atoms with Crippen LogP contribution in [0.5, 0.6) is 0 Å². The molecule has 0 radical (unpaired) electrons. The van der Waals surface area contributed by atoms with Gasteiger partial charge in [0, 0.05) is 13.1 Å². The molecular weight excluding hydrogens is 218 g/mol. The van der Waals surface area contributed by atoms with Gasteiger partial charge < -0.3 is 16.0 Å². The van der Waals surface area contributed by atoms with Crippen molar-refractivity contribution < 1.29 is 4.79 Å². The fourth-order valence-electron chi connectivity index (χ4n) is 2.18. The molecule has 1 aliphatic rings. The second-order valence-electron chi connectivity index (χ2n) is 4.46. The summed E-state index contributed by atoms with van der Waals surface area (Å²) in [6, 6.07) is 0. The number of carbonyl (C=O) groups is 1. The van der Waals surface area contributed by atoms with E-state index in [2.05, 4.69) is 27.3 Å².